The molecule has 2 heterocycles. The van der Waals surface area contributed by atoms with Gasteiger partial charge in [0, 0.05) is 43.6 Å². The zero-order valence-electron chi connectivity index (χ0n) is 22.9. The fourth-order valence-electron chi connectivity index (χ4n) is 5.26. The van der Waals surface area contributed by atoms with Crippen LogP contribution in [-0.4, -0.2) is 76.6 Å². The molecule has 0 aromatic heterocycles. The Bertz CT molecular complexity index is 1210. The van der Waals surface area contributed by atoms with Gasteiger partial charge in [0.15, 0.2) is 0 Å². The van der Waals surface area contributed by atoms with Gasteiger partial charge in [-0.15, -0.1) is 0 Å². The van der Waals surface area contributed by atoms with Gasteiger partial charge < -0.3 is 19.1 Å². The fraction of sp³-hybridized carbons (Fsp3) is 0.552. The van der Waals surface area contributed by atoms with E-state index in [9.17, 15) is 13.2 Å². The normalized spacial score (nSPS) is 21.2. The highest BCUT2D eigenvalue weighted by molar-refractivity contribution is 7.89. The molecule has 0 aliphatic carbocycles. The van der Waals surface area contributed by atoms with Gasteiger partial charge in [-0.2, -0.15) is 4.31 Å². The fourth-order valence-corrected chi connectivity index (χ4v) is 6.88. The summed E-state index contributed by atoms with van der Waals surface area (Å²) in [5.74, 6) is 1.39. The number of hydrogen-bond acceptors (Lipinski definition) is 6. The molecule has 8 nitrogen and oxygen atoms in total. The maximum Gasteiger partial charge on any atom is 0.243 e. The van der Waals surface area contributed by atoms with E-state index in [1.165, 1.54) is 4.31 Å². The largest absolute Gasteiger partial charge is 0.496 e. The van der Waals surface area contributed by atoms with Gasteiger partial charge in [0.05, 0.1) is 31.8 Å². The van der Waals surface area contributed by atoms with Crippen molar-refractivity contribution in [1.29, 1.82) is 0 Å². The van der Waals surface area contributed by atoms with E-state index in [1.54, 1.807) is 25.3 Å². The molecule has 1 atom stereocenters. The minimum atomic E-state index is -3.81. The molecule has 2 aliphatic rings. The van der Waals surface area contributed by atoms with Crippen molar-refractivity contribution in [3.8, 4) is 11.5 Å². The van der Waals surface area contributed by atoms with Crippen LogP contribution in [0.2, 0.25) is 0 Å². The van der Waals surface area contributed by atoms with E-state index < -0.39 is 15.4 Å². The predicted octanol–water partition coefficient (Wildman–Crippen LogP) is 4.09. The quantitative estimate of drug-likeness (QED) is 0.498. The van der Waals surface area contributed by atoms with Crippen molar-refractivity contribution < 1.29 is 27.4 Å². The number of hydrogen-bond donors (Lipinski definition) is 0. The number of ether oxygens (including phenoxy) is 3. The van der Waals surface area contributed by atoms with Crippen LogP contribution in [0, 0.1) is 5.41 Å². The van der Waals surface area contributed by atoms with Crippen molar-refractivity contribution in [2.24, 2.45) is 5.41 Å². The van der Waals surface area contributed by atoms with Gasteiger partial charge in [0.1, 0.15) is 11.5 Å². The first-order chi connectivity index (χ1) is 18.0. The molecule has 1 amide bonds. The number of piperidine rings is 1. The summed E-state index contributed by atoms with van der Waals surface area (Å²) in [6, 6.07) is 14.5. The third-order valence-corrected chi connectivity index (χ3v) is 9.26. The van der Waals surface area contributed by atoms with Crippen LogP contribution in [0.15, 0.2) is 53.4 Å². The molecule has 0 radical (unpaired) electrons. The monoisotopic (exact) mass is 544 g/mol. The van der Waals surface area contributed by atoms with E-state index in [2.05, 4.69) is 0 Å². The zero-order chi connectivity index (χ0) is 27.4. The van der Waals surface area contributed by atoms with Crippen LogP contribution in [-0.2, 0) is 25.0 Å². The van der Waals surface area contributed by atoms with Crippen LogP contribution >= 0.6 is 0 Å². The summed E-state index contributed by atoms with van der Waals surface area (Å²) in [6.07, 6.45) is 1.58. The van der Waals surface area contributed by atoms with E-state index in [-0.39, 0.29) is 35.8 Å². The van der Waals surface area contributed by atoms with Crippen molar-refractivity contribution >= 4 is 15.9 Å². The summed E-state index contributed by atoms with van der Waals surface area (Å²) >= 11 is 0. The molecule has 2 aromatic carbocycles. The third-order valence-electron chi connectivity index (χ3n) is 7.42. The van der Waals surface area contributed by atoms with E-state index in [1.807, 2.05) is 56.0 Å². The first-order valence-electron chi connectivity index (χ1n) is 13.3. The molecule has 0 saturated carbocycles. The number of carbonyl (C=O) groups is 1. The minimum absolute atomic E-state index is 0.0173. The molecular formula is C29H40N2O6S. The zero-order valence-corrected chi connectivity index (χ0v) is 23.8. The smallest absolute Gasteiger partial charge is 0.243 e. The first-order valence-corrected chi connectivity index (χ1v) is 14.7. The Labute approximate surface area is 226 Å². The number of para-hydroxylation sites is 1. The van der Waals surface area contributed by atoms with Gasteiger partial charge in [-0.05, 0) is 48.6 Å². The number of rotatable bonds is 8. The maximum absolute atomic E-state index is 13.9. The van der Waals surface area contributed by atoms with Gasteiger partial charge in [-0.25, -0.2) is 8.42 Å². The lowest BCUT2D eigenvalue weighted by Crippen LogP contribution is -2.51. The molecule has 1 unspecified atom stereocenters. The molecule has 0 spiro atoms. The first kappa shape index (κ1) is 28.4. The lowest BCUT2D eigenvalue weighted by Gasteiger charge is -2.42. The van der Waals surface area contributed by atoms with Crippen LogP contribution in [0.5, 0.6) is 11.5 Å². The maximum atomic E-state index is 13.9. The predicted molar refractivity (Wildman–Crippen MR) is 146 cm³/mol. The molecule has 208 valence electrons. The van der Waals surface area contributed by atoms with Gasteiger partial charge in [-0.3, -0.25) is 4.79 Å². The summed E-state index contributed by atoms with van der Waals surface area (Å²) in [5.41, 5.74) is -0.105. The van der Waals surface area contributed by atoms with E-state index in [0.717, 1.165) is 5.56 Å². The molecule has 38 heavy (non-hydrogen) atoms. The number of carbonyl (C=O) groups excluding carboxylic acids is 1. The lowest BCUT2D eigenvalue weighted by molar-refractivity contribution is -0.139. The molecule has 2 aliphatic heterocycles. The average Bonchev–Trinajstić information content (AvgIpc) is 2.92. The highest BCUT2D eigenvalue weighted by atomic mass is 32.2. The number of sulfonamides is 1. The van der Waals surface area contributed by atoms with E-state index in [0.29, 0.717) is 57.2 Å². The summed E-state index contributed by atoms with van der Waals surface area (Å²) in [5, 5.41) is 0. The van der Waals surface area contributed by atoms with E-state index in [4.69, 9.17) is 14.2 Å². The Hall–Kier alpha value is -2.62. The number of amides is 1. The van der Waals surface area contributed by atoms with Crippen LogP contribution in [0.25, 0.3) is 0 Å². The summed E-state index contributed by atoms with van der Waals surface area (Å²) in [7, 11) is -2.21. The number of methoxy groups -OCH3 is 1. The van der Waals surface area contributed by atoms with Crippen molar-refractivity contribution in [3.63, 3.8) is 0 Å². The molecule has 0 bridgehead atoms. The van der Waals surface area contributed by atoms with Crippen molar-refractivity contribution in [1.82, 2.24) is 9.21 Å². The minimum Gasteiger partial charge on any atom is -0.496 e. The second-order valence-electron chi connectivity index (χ2n) is 11.3. The molecule has 0 N–H and O–H groups in total. The molecule has 2 fully saturated rings. The number of morpholine rings is 1. The SMILES string of the molecule is COc1ccc(S(=O)(=O)N2CCCC(COc3ccccc3)(CC(=O)N3CCOCC3)C2)cc1C(C)(C)C. The third kappa shape index (κ3) is 6.50. The number of nitrogens with zero attached hydrogens (tertiary/aromatic N) is 2. The van der Waals surface area contributed by atoms with Crippen molar-refractivity contribution in [3.05, 3.63) is 54.1 Å². The summed E-state index contributed by atoms with van der Waals surface area (Å²) < 4.78 is 46.5. The van der Waals surface area contributed by atoms with Crippen LogP contribution in [0.1, 0.15) is 45.6 Å². The molecule has 4 rings (SSSR count). The summed E-state index contributed by atoms with van der Waals surface area (Å²) in [6.45, 7) is 9.13. The Morgan fingerprint density at radius 2 is 1.76 bits per heavy atom. The highest BCUT2D eigenvalue weighted by Crippen LogP contribution is 2.39. The summed E-state index contributed by atoms with van der Waals surface area (Å²) in [4.78, 5) is 15.4. The second kappa shape index (κ2) is 11.6. The standard InChI is InChI=1S/C29H40N2O6S/c1-28(2,3)25-19-24(11-12-26(25)35-4)38(33,34)31-14-8-13-29(21-31,22-37-23-9-6-5-7-10-23)20-27(32)30-15-17-36-18-16-30/h5-7,9-12,19H,8,13-18,20-22H2,1-4H3. The Balaban J connectivity index is 1.62. The van der Waals surface area contributed by atoms with E-state index >= 15 is 0 Å². The van der Waals surface area contributed by atoms with Crippen molar-refractivity contribution in [2.75, 3.05) is 53.1 Å². The Kier molecular flexibility index (Phi) is 8.69. The lowest BCUT2D eigenvalue weighted by atomic mass is 9.78. The topological polar surface area (TPSA) is 85.4 Å². The Morgan fingerprint density at radius 1 is 1.05 bits per heavy atom. The van der Waals surface area contributed by atoms with Gasteiger partial charge in [-0.1, -0.05) is 39.0 Å². The van der Waals surface area contributed by atoms with Crippen LogP contribution in [0.3, 0.4) is 0 Å². The van der Waals surface area contributed by atoms with Gasteiger partial charge in [0.25, 0.3) is 0 Å². The van der Waals surface area contributed by atoms with Gasteiger partial charge in [0.2, 0.25) is 15.9 Å². The number of benzene rings is 2. The average molecular weight is 545 g/mol. The molecule has 2 aromatic rings. The van der Waals surface area contributed by atoms with Crippen LogP contribution < -0.4 is 9.47 Å². The van der Waals surface area contributed by atoms with Crippen molar-refractivity contribution in [2.45, 2.75) is 50.3 Å². The molecular weight excluding hydrogens is 504 g/mol. The Morgan fingerprint density at radius 3 is 2.42 bits per heavy atom. The second-order valence-corrected chi connectivity index (χ2v) is 13.3. The highest BCUT2D eigenvalue weighted by Gasteiger charge is 2.43. The van der Waals surface area contributed by atoms with Crippen LogP contribution in [0.4, 0.5) is 0 Å². The van der Waals surface area contributed by atoms with Gasteiger partial charge >= 0.3 is 0 Å². The molecule has 9 heteroatoms. The molecule has 2 saturated heterocycles.